The summed E-state index contributed by atoms with van der Waals surface area (Å²) in [5.41, 5.74) is -2.32. The number of ether oxygens (including phenoxy) is 3. The van der Waals surface area contributed by atoms with E-state index in [1.165, 1.54) is 19.1 Å². The highest BCUT2D eigenvalue weighted by molar-refractivity contribution is 6.16. The van der Waals surface area contributed by atoms with Gasteiger partial charge in [0, 0.05) is 12.1 Å². The lowest BCUT2D eigenvalue weighted by atomic mass is 10.0. The molecule has 1 heterocycles. The number of rotatable bonds is 6. The molecule has 0 aromatic heterocycles. The van der Waals surface area contributed by atoms with Gasteiger partial charge in [-0.25, -0.2) is 4.79 Å². The average Bonchev–Trinajstić information content (AvgIpc) is 2.59. The zero-order chi connectivity index (χ0) is 19.5. The second-order valence-corrected chi connectivity index (χ2v) is 5.46. The zero-order valence-electron chi connectivity index (χ0n) is 14.5. The molecule has 0 saturated carbocycles. The highest BCUT2D eigenvalue weighted by atomic mass is 16.6. The minimum Gasteiger partial charge on any atom is -0.465 e. The molecular formula is C16H18N2O8. The predicted molar refractivity (Wildman–Crippen MR) is 87.7 cm³/mol. The van der Waals surface area contributed by atoms with Crippen molar-refractivity contribution in [2.24, 2.45) is 0 Å². The Morgan fingerprint density at radius 2 is 1.92 bits per heavy atom. The summed E-state index contributed by atoms with van der Waals surface area (Å²) in [4.78, 5) is 48.3. The summed E-state index contributed by atoms with van der Waals surface area (Å²) in [6, 6.07) is 3.52. The lowest BCUT2D eigenvalue weighted by molar-refractivity contribution is -0.384. The summed E-state index contributed by atoms with van der Waals surface area (Å²) in [5.74, 6) is -2.50. The Morgan fingerprint density at radius 3 is 2.50 bits per heavy atom. The molecule has 0 spiro atoms. The van der Waals surface area contributed by atoms with Crippen molar-refractivity contribution >= 4 is 29.2 Å². The average molecular weight is 366 g/mol. The molecule has 10 nitrogen and oxygen atoms in total. The number of benzene rings is 1. The molecule has 0 radical (unpaired) electrons. The first-order valence-corrected chi connectivity index (χ1v) is 7.86. The third-order valence-corrected chi connectivity index (χ3v) is 3.67. The SMILES string of the molecule is CCOC(=O)CN1C(=O)C(C)(C(=O)OCC)Oc2ccc([N+](=O)[O-])cc21. The molecule has 1 unspecified atom stereocenters. The van der Waals surface area contributed by atoms with Crippen molar-refractivity contribution in [3.8, 4) is 5.75 Å². The summed E-state index contributed by atoms with van der Waals surface area (Å²) >= 11 is 0. The van der Waals surface area contributed by atoms with Crippen molar-refractivity contribution < 1.29 is 33.5 Å². The number of nitrogens with zero attached hydrogens (tertiary/aromatic N) is 2. The van der Waals surface area contributed by atoms with E-state index in [9.17, 15) is 24.5 Å². The van der Waals surface area contributed by atoms with Gasteiger partial charge >= 0.3 is 11.9 Å². The van der Waals surface area contributed by atoms with E-state index in [1.807, 2.05) is 0 Å². The number of amides is 1. The Hall–Kier alpha value is -3.17. The topological polar surface area (TPSA) is 125 Å². The van der Waals surface area contributed by atoms with Gasteiger partial charge in [0.05, 0.1) is 23.8 Å². The quantitative estimate of drug-likeness (QED) is 0.318. The second-order valence-electron chi connectivity index (χ2n) is 5.46. The van der Waals surface area contributed by atoms with Crippen LogP contribution in [0.5, 0.6) is 5.75 Å². The summed E-state index contributed by atoms with van der Waals surface area (Å²) in [6.07, 6.45) is 0. The van der Waals surface area contributed by atoms with Gasteiger partial charge in [0.1, 0.15) is 12.3 Å². The summed E-state index contributed by atoms with van der Waals surface area (Å²) in [6.45, 7) is 3.97. The fourth-order valence-corrected chi connectivity index (χ4v) is 2.44. The first kappa shape index (κ1) is 19.2. The van der Waals surface area contributed by atoms with Crippen molar-refractivity contribution in [2.45, 2.75) is 26.4 Å². The van der Waals surface area contributed by atoms with Crippen molar-refractivity contribution in [1.82, 2.24) is 0 Å². The molecular weight excluding hydrogens is 348 g/mol. The number of non-ortho nitro benzene ring substituents is 1. The number of hydrogen-bond acceptors (Lipinski definition) is 8. The minimum atomic E-state index is -2.02. The minimum absolute atomic E-state index is 0.000901. The van der Waals surface area contributed by atoms with Crippen molar-refractivity contribution in [3.63, 3.8) is 0 Å². The molecule has 1 amide bonds. The molecule has 0 aliphatic carbocycles. The Kier molecular flexibility index (Phi) is 5.44. The maximum absolute atomic E-state index is 12.9. The van der Waals surface area contributed by atoms with Crippen LogP contribution in [0.4, 0.5) is 11.4 Å². The van der Waals surface area contributed by atoms with E-state index >= 15 is 0 Å². The smallest absolute Gasteiger partial charge is 0.360 e. The van der Waals surface area contributed by atoms with Gasteiger partial charge in [-0.1, -0.05) is 0 Å². The lowest BCUT2D eigenvalue weighted by Gasteiger charge is -2.38. The Labute approximate surface area is 148 Å². The fraction of sp³-hybridized carbons (Fsp3) is 0.438. The molecule has 1 atom stereocenters. The Bertz CT molecular complexity index is 763. The van der Waals surface area contributed by atoms with Crippen LogP contribution >= 0.6 is 0 Å². The molecule has 1 aliphatic heterocycles. The number of anilines is 1. The molecule has 0 N–H and O–H groups in total. The lowest BCUT2D eigenvalue weighted by Crippen LogP contribution is -2.60. The molecule has 10 heteroatoms. The van der Waals surface area contributed by atoms with Gasteiger partial charge in [-0.3, -0.25) is 24.6 Å². The number of esters is 2. The summed E-state index contributed by atoms with van der Waals surface area (Å²) in [7, 11) is 0. The maximum atomic E-state index is 12.9. The first-order valence-electron chi connectivity index (χ1n) is 7.86. The molecule has 26 heavy (non-hydrogen) atoms. The van der Waals surface area contributed by atoms with Crippen molar-refractivity contribution in [3.05, 3.63) is 28.3 Å². The van der Waals surface area contributed by atoms with Gasteiger partial charge in [0.25, 0.3) is 17.2 Å². The number of nitro benzene ring substituents is 1. The fourth-order valence-electron chi connectivity index (χ4n) is 2.44. The van der Waals surface area contributed by atoms with Crippen LogP contribution in [0.1, 0.15) is 20.8 Å². The van der Waals surface area contributed by atoms with E-state index < -0.39 is 34.9 Å². The van der Waals surface area contributed by atoms with Crippen LogP contribution in [0.25, 0.3) is 0 Å². The van der Waals surface area contributed by atoms with E-state index in [4.69, 9.17) is 14.2 Å². The summed E-state index contributed by atoms with van der Waals surface area (Å²) in [5, 5.41) is 11.0. The molecule has 1 aromatic carbocycles. The van der Waals surface area contributed by atoms with Crippen LogP contribution < -0.4 is 9.64 Å². The van der Waals surface area contributed by atoms with Crippen molar-refractivity contribution in [2.75, 3.05) is 24.7 Å². The molecule has 0 saturated heterocycles. The normalized spacial score (nSPS) is 18.6. The third kappa shape index (κ3) is 3.44. The molecule has 0 bridgehead atoms. The monoisotopic (exact) mass is 366 g/mol. The molecule has 2 rings (SSSR count). The second kappa shape index (κ2) is 7.38. The maximum Gasteiger partial charge on any atom is 0.360 e. The number of carbonyl (C=O) groups is 3. The van der Waals surface area contributed by atoms with Gasteiger partial charge in [0.2, 0.25) is 0 Å². The van der Waals surface area contributed by atoms with Gasteiger partial charge in [0.15, 0.2) is 0 Å². The largest absolute Gasteiger partial charge is 0.465 e. The van der Waals surface area contributed by atoms with Crippen molar-refractivity contribution in [1.29, 1.82) is 0 Å². The van der Waals surface area contributed by atoms with Gasteiger partial charge < -0.3 is 14.2 Å². The Balaban J connectivity index is 2.53. The third-order valence-electron chi connectivity index (χ3n) is 3.67. The summed E-state index contributed by atoms with van der Waals surface area (Å²) < 4.78 is 15.2. The molecule has 0 fully saturated rings. The van der Waals surface area contributed by atoms with E-state index in [0.717, 1.165) is 11.0 Å². The molecule has 1 aliphatic rings. The van der Waals surface area contributed by atoms with Crippen LogP contribution in [0.3, 0.4) is 0 Å². The van der Waals surface area contributed by atoms with Crippen LogP contribution in [-0.4, -0.2) is 48.1 Å². The Morgan fingerprint density at radius 1 is 1.27 bits per heavy atom. The number of nitro groups is 1. The van der Waals surface area contributed by atoms with E-state index in [0.29, 0.717) is 0 Å². The van der Waals surface area contributed by atoms with E-state index in [2.05, 4.69) is 0 Å². The standard InChI is InChI=1S/C16H18N2O8/c1-4-24-13(19)9-17-11-8-10(18(22)23)6-7-12(11)26-16(3,14(17)20)15(21)25-5-2/h6-8H,4-5,9H2,1-3H3. The van der Waals surface area contributed by atoms with Crippen LogP contribution in [0.2, 0.25) is 0 Å². The van der Waals surface area contributed by atoms with Crippen LogP contribution in [0, 0.1) is 10.1 Å². The highest BCUT2D eigenvalue weighted by Gasteiger charge is 2.52. The zero-order valence-corrected chi connectivity index (χ0v) is 14.5. The first-order chi connectivity index (χ1) is 12.2. The predicted octanol–water partition coefficient (Wildman–Crippen LogP) is 1.21. The number of hydrogen-bond donors (Lipinski definition) is 0. The highest BCUT2D eigenvalue weighted by Crippen LogP contribution is 2.40. The van der Waals surface area contributed by atoms with Gasteiger partial charge in [-0.15, -0.1) is 0 Å². The van der Waals surface area contributed by atoms with Gasteiger partial charge in [-0.2, -0.15) is 0 Å². The number of fused-ring (bicyclic) bond motifs is 1. The molecule has 1 aromatic rings. The van der Waals surface area contributed by atoms with E-state index in [1.54, 1.807) is 13.8 Å². The van der Waals surface area contributed by atoms with Gasteiger partial charge in [-0.05, 0) is 26.8 Å². The van der Waals surface area contributed by atoms with E-state index in [-0.39, 0.29) is 30.3 Å². The molecule has 140 valence electrons. The number of carbonyl (C=O) groups excluding carboxylic acids is 3. The van der Waals surface area contributed by atoms with Crippen LogP contribution in [0.15, 0.2) is 18.2 Å². The van der Waals surface area contributed by atoms with Crippen LogP contribution in [-0.2, 0) is 23.9 Å².